The van der Waals surface area contributed by atoms with E-state index in [9.17, 15) is 14.7 Å². The number of hydrazone groups is 1. The first kappa shape index (κ1) is 19.3. The molecule has 0 aromatic heterocycles. The molecule has 3 rings (SSSR count). The predicted molar refractivity (Wildman–Crippen MR) is 112 cm³/mol. The second-order valence-electron chi connectivity index (χ2n) is 5.80. The summed E-state index contributed by atoms with van der Waals surface area (Å²) in [6.07, 6.45) is 1.48. The third-order valence-electron chi connectivity index (χ3n) is 3.80. The van der Waals surface area contributed by atoms with E-state index in [4.69, 9.17) is 0 Å². The Morgan fingerprint density at radius 2 is 1.57 bits per heavy atom. The molecule has 3 aromatic carbocycles. The van der Waals surface area contributed by atoms with Gasteiger partial charge in [0.25, 0.3) is 11.8 Å². The second kappa shape index (κ2) is 8.96. The van der Waals surface area contributed by atoms with Crippen LogP contribution in [0.15, 0.2) is 82.4 Å². The number of benzene rings is 3. The molecule has 7 heteroatoms. The molecule has 0 radical (unpaired) electrons. The third-order valence-corrected chi connectivity index (χ3v) is 4.49. The monoisotopic (exact) mass is 437 g/mol. The molecule has 0 saturated carbocycles. The minimum atomic E-state index is -0.376. The maximum Gasteiger partial charge on any atom is 0.271 e. The van der Waals surface area contributed by atoms with Crippen molar-refractivity contribution in [2.24, 2.45) is 5.10 Å². The minimum absolute atomic E-state index is 0.160. The summed E-state index contributed by atoms with van der Waals surface area (Å²) in [5, 5.41) is 15.9. The normalized spacial score (nSPS) is 10.6. The van der Waals surface area contributed by atoms with Gasteiger partial charge in [0, 0.05) is 15.7 Å². The fourth-order valence-electron chi connectivity index (χ4n) is 2.34. The van der Waals surface area contributed by atoms with Gasteiger partial charge in [-0.1, -0.05) is 12.1 Å². The van der Waals surface area contributed by atoms with Crippen molar-refractivity contribution >= 4 is 39.6 Å². The first-order valence-corrected chi connectivity index (χ1v) is 9.10. The zero-order valence-corrected chi connectivity index (χ0v) is 16.2. The molecule has 0 saturated heterocycles. The average Bonchev–Trinajstić information content (AvgIpc) is 2.70. The number of anilines is 1. The Labute approximate surface area is 170 Å². The highest BCUT2D eigenvalue weighted by Crippen LogP contribution is 2.18. The van der Waals surface area contributed by atoms with Crippen molar-refractivity contribution in [2.45, 2.75) is 0 Å². The van der Waals surface area contributed by atoms with Crippen molar-refractivity contribution < 1.29 is 14.7 Å². The maximum atomic E-state index is 12.3. The lowest BCUT2D eigenvalue weighted by molar-refractivity contribution is 0.0954. The summed E-state index contributed by atoms with van der Waals surface area (Å²) in [5.74, 6) is -0.463. The molecule has 0 spiro atoms. The molecular formula is C21H16BrN3O3. The third kappa shape index (κ3) is 5.05. The smallest absolute Gasteiger partial charge is 0.271 e. The molecule has 6 nitrogen and oxygen atoms in total. The van der Waals surface area contributed by atoms with Crippen LogP contribution in [0.25, 0.3) is 0 Å². The summed E-state index contributed by atoms with van der Waals surface area (Å²) in [7, 11) is 0. The molecule has 0 bridgehead atoms. The van der Waals surface area contributed by atoms with Crippen LogP contribution < -0.4 is 10.7 Å². The molecule has 3 N–H and O–H groups in total. The van der Waals surface area contributed by atoms with Gasteiger partial charge in [-0.3, -0.25) is 9.59 Å². The molecular weight excluding hydrogens is 422 g/mol. The highest BCUT2D eigenvalue weighted by atomic mass is 79.9. The van der Waals surface area contributed by atoms with Gasteiger partial charge in [-0.25, -0.2) is 5.43 Å². The highest BCUT2D eigenvalue weighted by Gasteiger charge is 2.10. The van der Waals surface area contributed by atoms with Crippen LogP contribution in [0, 0.1) is 0 Å². The van der Waals surface area contributed by atoms with Gasteiger partial charge in [-0.2, -0.15) is 5.10 Å². The zero-order chi connectivity index (χ0) is 19.9. The second-order valence-corrected chi connectivity index (χ2v) is 6.66. The molecule has 3 aromatic rings. The summed E-state index contributed by atoms with van der Waals surface area (Å²) in [5.41, 5.74) is 4.67. The Morgan fingerprint density at radius 3 is 2.25 bits per heavy atom. The van der Waals surface area contributed by atoms with Crippen LogP contribution in [-0.2, 0) is 0 Å². The number of rotatable bonds is 5. The SMILES string of the molecule is O=C(N/N=C\c1ccc(O)cc1)c1ccc(NC(=O)c2ccccc2Br)cc1. The number of halogens is 1. The number of carbonyl (C=O) groups is 2. The molecule has 28 heavy (non-hydrogen) atoms. The van der Waals surface area contributed by atoms with Crippen LogP contribution in [0.3, 0.4) is 0 Å². The lowest BCUT2D eigenvalue weighted by Gasteiger charge is -2.07. The first-order valence-electron chi connectivity index (χ1n) is 8.31. The summed E-state index contributed by atoms with van der Waals surface area (Å²) >= 11 is 3.35. The Morgan fingerprint density at radius 1 is 0.893 bits per heavy atom. The Balaban J connectivity index is 1.59. The first-order chi connectivity index (χ1) is 13.5. The van der Waals surface area contributed by atoms with Crippen LogP contribution in [0.2, 0.25) is 0 Å². The molecule has 0 heterocycles. The van der Waals surface area contributed by atoms with Crippen molar-refractivity contribution in [3.05, 3.63) is 94.0 Å². The number of nitrogens with one attached hydrogen (secondary N) is 2. The number of hydrogen-bond acceptors (Lipinski definition) is 4. The van der Waals surface area contributed by atoms with E-state index in [0.717, 1.165) is 5.56 Å². The largest absolute Gasteiger partial charge is 0.508 e. The summed E-state index contributed by atoms with van der Waals surface area (Å²) < 4.78 is 0.704. The Bertz CT molecular complexity index is 1020. The van der Waals surface area contributed by atoms with E-state index >= 15 is 0 Å². The van der Waals surface area contributed by atoms with Crippen molar-refractivity contribution in [3.8, 4) is 5.75 Å². The van der Waals surface area contributed by atoms with E-state index in [1.165, 1.54) is 18.3 Å². The quantitative estimate of drug-likeness (QED) is 0.413. The maximum absolute atomic E-state index is 12.3. The van der Waals surface area contributed by atoms with E-state index < -0.39 is 0 Å². The van der Waals surface area contributed by atoms with Crippen LogP contribution in [0.1, 0.15) is 26.3 Å². The van der Waals surface area contributed by atoms with Gasteiger partial charge in [0.05, 0.1) is 11.8 Å². The van der Waals surface area contributed by atoms with E-state index in [-0.39, 0.29) is 17.6 Å². The predicted octanol–water partition coefficient (Wildman–Crippen LogP) is 4.17. The number of nitrogens with zero attached hydrogens (tertiary/aromatic N) is 1. The number of phenolic OH excluding ortho intramolecular Hbond substituents is 1. The number of carbonyl (C=O) groups excluding carboxylic acids is 2. The summed E-state index contributed by atoms with van der Waals surface area (Å²) in [4.78, 5) is 24.4. The standard InChI is InChI=1S/C21H16BrN3O3/c22-19-4-2-1-3-18(19)21(28)24-16-9-7-15(8-10-16)20(27)25-23-13-14-5-11-17(26)12-6-14/h1-13,26H,(H,24,28)(H,25,27)/b23-13-. The number of phenols is 1. The number of hydrogen-bond donors (Lipinski definition) is 3. The van der Waals surface area contributed by atoms with Gasteiger partial charge in [0.15, 0.2) is 0 Å². The van der Waals surface area contributed by atoms with Gasteiger partial charge in [0.2, 0.25) is 0 Å². The van der Waals surface area contributed by atoms with Crippen LogP contribution >= 0.6 is 15.9 Å². The molecule has 0 aliphatic carbocycles. The highest BCUT2D eigenvalue weighted by molar-refractivity contribution is 9.10. The Hall–Kier alpha value is -3.45. The number of amides is 2. The molecule has 0 unspecified atom stereocenters. The lowest BCUT2D eigenvalue weighted by atomic mass is 10.1. The van der Waals surface area contributed by atoms with E-state index in [1.807, 2.05) is 6.07 Å². The zero-order valence-electron chi connectivity index (χ0n) is 14.6. The molecule has 0 aliphatic heterocycles. The summed E-state index contributed by atoms with van der Waals surface area (Å²) in [6, 6.07) is 20.0. The van der Waals surface area contributed by atoms with Gasteiger partial charge in [0.1, 0.15) is 5.75 Å². The van der Waals surface area contributed by atoms with Crippen molar-refractivity contribution in [2.75, 3.05) is 5.32 Å². The van der Waals surface area contributed by atoms with Gasteiger partial charge >= 0.3 is 0 Å². The van der Waals surface area contributed by atoms with Crippen molar-refractivity contribution in [1.82, 2.24) is 5.43 Å². The fourth-order valence-corrected chi connectivity index (χ4v) is 2.80. The Kier molecular flexibility index (Phi) is 6.18. The van der Waals surface area contributed by atoms with Crippen molar-refractivity contribution in [1.29, 1.82) is 0 Å². The molecule has 2 amide bonds. The van der Waals surface area contributed by atoms with E-state index in [1.54, 1.807) is 54.6 Å². The van der Waals surface area contributed by atoms with Crippen LogP contribution in [-0.4, -0.2) is 23.1 Å². The number of aromatic hydroxyl groups is 1. The average molecular weight is 438 g/mol. The fraction of sp³-hybridized carbons (Fsp3) is 0. The summed E-state index contributed by atoms with van der Waals surface area (Å²) in [6.45, 7) is 0. The van der Waals surface area contributed by atoms with Gasteiger partial charge in [-0.05, 0) is 82.2 Å². The van der Waals surface area contributed by atoms with E-state index in [0.29, 0.717) is 21.3 Å². The molecule has 0 fully saturated rings. The topological polar surface area (TPSA) is 90.8 Å². The van der Waals surface area contributed by atoms with E-state index in [2.05, 4.69) is 31.8 Å². The van der Waals surface area contributed by atoms with Crippen molar-refractivity contribution in [3.63, 3.8) is 0 Å². The molecule has 140 valence electrons. The van der Waals surface area contributed by atoms with Crippen LogP contribution in [0.5, 0.6) is 5.75 Å². The minimum Gasteiger partial charge on any atom is -0.508 e. The van der Waals surface area contributed by atoms with Crippen LogP contribution in [0.4, 0.5) is 5.69 Å². The van der Waals surface area contributed by atoms with Gasteiger partial charge in [-0.15, -0.1) is 0 Å². The van der Waals surface area contributed by atoms with Gasteiger partial charge < -0.3 is 10.4 Å². The molecule has 0 aliphatic rings. The molecule has 0 atom stereocenters. The lowest BCUT2D eigenvalue weighted by Crippen LogP contribution is -2.18.